The van der Waals surface area contributed by atoms with Crippen LogP contribution in [0.3, 0.4) is 0 Å². The molecule has 4 heterocycles. The lowest BCUT2D eigenvalue weighted by atomic mass is 9.94. The van der Waals surface area contributed by atoms with E-state index in [2.05, 4.69) is 49.8 Å². The van der Waals surface area contributed by atoms with E-state index in [1.165, 1.54) is 11.6 Å². The van der Waals surface area contributed by atoms with Crippen LogP contribution in [0.4, 0.5) is 19.0 Å². The number of alkyl halides is 3. The maximum Gasteiger partial charge on any atom is 0.453 e. The Hall–Kier alpha value is -3.21. The standard InChI is InChI=1S/C24H28F3N7O/c25-24(26,27)23-30-29-20-6-7-21(31-34(20)23)33-14-8-18(9-15-33)22(35)28-19-10-12-32(13-11-19)16-17-4-2-1-3-5-17/h1-7,18-19H,8-16H2,(H,28,35). The van der Waals surface area contributed by atoms with Crippen molar-refractivity contribution in [3.63, 3.8) is 0 Å². The number of benzene rings is 1. The lowest BCUT2D eigenvalue weighted by molar-refractivity contribution is -0.146. The Morgan fingerprint density at radius 3 is 2.34 bits per heavy atom. The first kappa shape index (κ1) is 23.5. The van der Waals surface area contributed by atoms with Gasteiger partial charge in [0.1, 0.15) is 5.82 Å². The van der Waals surface area contributed by atoms with Crippen LogP contribution in [0, 0.1) is 5.92 Å². The van der Waals surface area contributed by atoms with E-state index < -0.39 is 12.0 Å². The predicted molar refractivity (Wildman–Crippen MR) is 124 cm³/mol. The van der Waals surface area contributed by atoms with Crippen molar-refractivity contribution in [1.29, 1.82) is 0 Å². The third kappa shape index (κ3) is 5.39. The third-order valence-corrected chi connectivity index (χ3v) is 6.87. The second-order valence-electron chi connectivity index (χ2n) is 9.29. The molecule has 186 valence electrons. The first-order valence-electron chi connectivity index (χ1n) is 12.0. The molecule has 1 N–H and O–H groups in total. The number of hydrogen-bond acceptors (Lipinski definition) is 6. The number of piperidine rings is 2. The minimum absolute atomic E-state index is 0.0464. The fraction of sp³-hybridized carbons (Fsp3) is 0.500. The SMILES string of the molecule is O=C(NC1CCN(Cc2ccccc2)CC1)C1CCN(c2ccc3nnc(C(F)(F)F)n3n2)CC1. The molecule has 1 amide bonds. The van der Waals surface area contributed by atoms with Gasteiger partial charge in [-0.1, -0.05) is 30.3 Å². The van der Waals surface area contributed by atoms with Gasteiger partial charge in [0.2, 0.25) is 5.91 Å². The second kappa shape index (κ2) is 9.80. The molecule has 2 aromatic heterocycles. The van der Waals surface area contributed by atoms with E-state index in [-0.39, 0.29) is 23.5 Å². The van der Waals surface area contributed by atoms with E-state index in [0.29, 0.717) is 31.7 Å². The van der Waals surface area contributed by atoms with E-state index >= 15 is 0 Å². The van der Waals surface area contributed by atoms with Crippen molar-refractivity contribution >= 4 is 17.4 Å². The van der Waals surface area contributed by atoms with E-state index in [0.717, 1.165) is 37.0 Å². The van der Waals surface area contributed by atoms with E-state index in [4.69, 9.17) is 0 Å². The van der Waals surface area contributed by atoms with Crippen molar-refractivity contribution in [2.45, 2.75) is 44.4 Å². The molecular formula is C24H28F3N7O. The molecule has 2 aliphatic rings. The number of fused-ring (bicyclic) bond motifs is 1. The summed E-state index contributed by atoms with van der Waals surface area (Å²) in [5.74, 6) is -0.739. The molecule has 0 aliphatic carbocycles. The number of hydrogen-bond donors (Lipinski definition) is 1. The highest BCUT2D eigenvalue weighted by Gasteiger charge is 2.38. The quantitative estimate of drug-likeness (QED) is 0.596. The summed E-state index contributed by atoms with van der Waals surface area (Å²) < 4.78 is 40.2. The average Bonchev–Trinajstić information content (AvgIpc) is 3.30. The molecule has 0 spiro atoms. The molecular weight excluding hydrogens is 459 g/mol. The number of halogens is 3. The normalized spacial score (nSPS) is 18.8. The molecule has 3 aromatic rings. The molecule has 0 radical (unpaired) electrons. The van der Waals surface area contributed by atoms with Gasteiger partial charge in [-0.05, 0) is 43.4 Å². The largest absolute Gasteiger partial charge is 0.453 e. The zero-order valence-electron chi connectivity index (χ0n) is 19.3. The van der Waals surface area contributed by atoms with Gasteiger partial charge in [-0.25, -0.2) is 0 Å². The monoisotopic (exact) mass is 487 g/mol. The first-order valence-corrected chi connectivity index (χ1v) is 12.0. The molecule has 5 rings (SSSR count). The molecule has 2 saturated heterocycles. The third-order valence-electron chi connectivity index (χ3n) is 6.87. The van der Waals surface area contributed by atoms with Crippen molar-refractivity contribution in [1.82, 2.24) is 30.0 Å². The van der Waals surface area contributed by atoms with E-state index in [1.54, 1.807) is 6.07 Å². The summed E-state index contributed by atoms with van der Waals surface area (Å²) in [4.78, 5) is 17.2. The van der Waals surface area contributed by atoms with Crippen molar-refractivity contribution < 1.29 is 18.0 Å². The molecule has 11 heteroatoms. The smallest absolute Gasteiger partial charge is 0.355 e. The number of carbonyl (C=O) groups excluding carboxylic acids is 1. The van der Waals surface area contributed by atoms with Gasteiger partial charge in [-0.3, -0.25) is 9.69 Å². The molecule has 0 bridgehead atoms. The fourth-order valence-electron chi connectivity index (χ4n) is 4.89. The zero-order chi connectivity index (χ0) is 24.4. The summed E-state index contributed by atoms with van der Waals surface area (Å²) in [6.07, 6.45) is -1.50. The van der Waals surface area contributed by atoms with Crippen LogP contribution in [0.1, 0.15) is 37.1 Å². The van der Waals surface area contributed by atoms with Gasteiger partial charge >= 0.3 is 6.18 Å². The van der Waals surface area contributed by atoms with Crippen molar-refractivity contribution in [3.05, 3.63) is 53.9 Å². The average molecular weight is 488 g/mol. The summed E-state index contributed by atoms with van der Waals surface area (Å²) in [7, 11) is 0. The highest BCUT2D eigenvalue weighted by molar-refractivity contribution is 5.79. The van der Waals surface area contributed by atoms with Crippen LogP contribution in [-0.4, -0.2) is 62.8 Å². The molecule has 1 aromatic carbocycles. The van der Waals surface area contributed by atoms with Gasteiger partial charge in [0.25, 0.3) is 5.82 Å². The summed E-state index contributed by atoms with van der Waals surface area (Å²) in [6.45, 7) is 3.94. The number of nitrogens with one attached hydrogen (secondary N) is 1. The van der Waals surface area contributed by atoms with E-state index in [9.17, 15) is 18.0 Å². The van der Waals surface area contributed by atoms with Crippen molar-refractivity contribution in [3.8, 4) is 0 Å². The molecule has 8 nitrogen and oxygen atoms in total. The molecule has 35 heavy (non-hydrogen) atoms. The Kier molecular flexibility index (Phi) is 6.59. The molecule has 2 aliphatic heterocycles. The Morgan fingerprint density at radius 1 is 0.943 bits per heavy atom. The van der Waals surface area contributed by atoms with Gasteiger partial charge in [-0.2, -0.15) is 17.7 Å². The molecule has 0 unspecified atom stereocenters. The molecule has 0 saturated carbocycles. The maximum absolute atomic E-state index is 13.2. The highest BCUT2D eigenvalue weighted by atomic mass is 19.4. The minimum atomic E-state index is -4.63. The van der Waals surface area contributed by atoms with Crippen molar-refractivity contribution in [2.75, 3.05) is 31.1 Å². The van der Waals surface area contributed by atoms with Gasteiger partial charge in [0.15, 0.2) is 5.65 Å². The number of carbonyl (C=O) groups is 1. The van der Waals surface area contributed by atoms with Crippen LogP contribution >= 0.6 is 0 Å². The second-order valence-corrected chi connectivity index (χ2v) is 9.29. The predicted octanol–water partition coefficient (Wildman–Crippen LogP) is 3.14. The first-order chi connectivity index (χ1) is 16.9. The number of rotatable bonds is 5. The number of amides is 1. The number of nitrogens with zero attached hydrogens (tertiary/aromatic N) is 6. The molecule has 2 fully saturated rings. The van der Waals surface area contributed by atoms with Crippen LogP contribution in [0.15, 0.2) is 42.5 Å². The van der Waals surface area contributed by atoms with Crippen LogP contribution < -0.4 is 10.2 Å². The Labute approximate surface area is 201 Å². The summed E-state index contributed by atoms with van der Waals surface area (Å²) in [5.41, 5.74) is 1.35. The number of likely N-dealkylation sites (tertiary alicyclic amines) is 1. The van der Waals surface area contributed by atoms with Gasteiger partial charge in [-0.15, -0.1) is 15.3 Å². The zero-order valence-corrected chi connectivity index (χ0v) is 19.3. The lowest BCUT2D eigenvalue weighted by Gasteiger charge is -2.35. The molecule has 0 atom stereocenters. The van der Waals surface area contributed by atoms with Crippen LogP contribution in [-0.2, 0) is 17.5 Å². The Balaban J connectivity index is 1.11. The van der Waals surface area contributed by atoms with Crippen LogP contribution in [0.5, 0.6) is 0 Å². The fourth-order valence-corrected chi connectivity index (χ4v) is 4.89. The van der Waals surface area contributed by atoms with Crippen LogP contribution in [0.2, 0.25) is 0 Å². The summed E-state index contributed by atoms with van der Waals surface area (Å²) >= 11 is 0. The lowest BCUT2D eigenvalue weighted by Crippen LogP contribution is -2.48. The van der Waals surface area contributed by atoms with Gasteiger partial charge in [0.05, 0.1) is 0 Å². The summed E-state index contributed by atoms with van der Waals surface area (Å²) in [6, 6.07) is 13.7. The minimum Gasteiger partial charge on any atom is -0.355 e. The topological polar surface area (TPSA) is 78.7 Å². The van der Waals surface area contributed by atoms with E-state index in [1.807, 2.05) is 11.0 Å². The van der Waals surface area contributed by atoms with Crippen molar-refractivity contribution in [2.24, 2.45) is 5.92 Å². The number of anilines is 1. The Morgan fingerprint density at radius 2 is 1.66 bits per heavy atom. The summed E-state index contributed by atoms with van der Waals surface area (Å²) in [5, 5.41) is 14.1. The highest BCUT2D eigenvalue weighted by Crippen LogP contribution is 2.29. The number of aromatic nitrogens is 4. The van der Waals surface area contributed by atoms with Gasteiger partial charge in [0, 0.05) is 44.7 Å². The van der Waals surface area contributed by atoms with Gasteiger partial charge < -0.3 is 10.2 Å². The maximum atomic E-state index is 13.2. The Bertz CT molecular complexity index is 1150. The van der Waals surface area contributed by atoms with Crippen LogP contribution in [0.25, 0.3) is 5.65 Å².